The number of nitrogens with zero attached hydrogens (tertiary/aromatic N) is 2. The van der Waals surface area contributed by atoms with Gasteiger partial charge in [-0.25, -0.2) is 0 Å². The molecule has 4 aromatic rings. The molecule has 0 aliphatic heterocycles. The second-order valence-electron chi connectivity index (χ2n) is 6.94. The Bertz CT molecular complexity index is 1160. The van der Waals surface area contributed by atoms with Crippen molar-refractivity contribution in [2.45, 2.75) is 19.6 Å². The van der Waals surface area contributed by atoms with Crippen molar-refractivity contribution in [1.29, 1.82) is 0 Å². The lowest BCUT2D eigenvalue weighted by molar-refractivity contribution is 0.0932. The predicted molar refractivity (Wildman–Crippen MR) is 114 cm³/mol. The predicted octanol–water partition coefficient (Wildman–Crippen LogP) is 4.51. The number of phenols is 1. The molecular formula is C24H21N3O4. The summed E-state index contributed by atoms with van der Waals surface area (Å²) in [5.74, 6) is 1.16. The van der Waals surface area contributed by atoms with Gasteiger partial charge in [0, 0.05) is 11.1 Å². The van der Waals surface area contributed by atoms with Gasteiger partial charge in [-0.1, -0.05) is 53.7 Å². The summed E-state index contributed by atoms with van der Waals surface area (Å²) in [6.07, 6.45) is 0. The lowest BCUT2D eigenvalue weighted by Gasteiger charge is -2.11. The molecule has 156 valence electrons. The summed E-state index contributed by atoms with van der Waals surface area (Å²) in [5, 5.41) is 16.9. The van der Waals surface area contributed by atoms with Gasteiger partial charge < -0.3 is 19.7 Å². The van der Waals surface area contributed by atoms with Crippen LogP contribution in [0.5, 0.6) is 11.5 Å². The quantitative estimate of drug-likeness (QED) is 0.461. The maximum atomic E-state index is 12.7. The molecule has 2 N–H and O–H groups in total. The van der Waals surface area contributed by atoms with Crippen LogP contribution in [0.4, 0.5) is 0 Å². The number of benzene rings is 3. The van der Waals surface area contributed by atoms with Crippen LogP contribution in [-0.4, -0.2) is 21.2 Å². The fourth-order valence-corrected chi connectivity index (χ4v) is 3.03. The molecule has 1 heterocycles. The number of para-hydroxylation sites is 1. The maximum Gasteiger partial charge on any atom is 0.251 e. The molecule has 3 aromatic carbocycles. The van der Waals surface area contributed by atoms with Gasteiger partial charge in [-0.2, -0.15) is 4.98 Å². The SMILES string of the molecule is CC(NC(=O)c1ccc(O)c(-c2ccccc2)c1)c1nc(COc2ccccc2)no1. The van der Waals surface area contributed by atoms with Gasteiger partial charge in [-0.05, 0) is 42.8 Å². The van der Waals surface area contributed by atoms with Gasteiger partial charge in [-0.3, -0.25) is 4.79 Å². The van der Waals surface area contributed by atoms with Crippen molar-refractivity contribution in [3.05, 3.63) is 96.1 Å². The Labute approximate surface area is 179 Å². The lowest BCUT2D eigenvalue weighted by Crippen LogP contribution is -2.26. The summed E-state index contributed by atoms with van der Waals surface area (Å²) in [4.78, 5) is 17.0. The summed E-state index contributed by atoms with van der Waals surface area (Å²) in [6, 6.07) is 22.9. The fraction of sp³-hybridized carbons (Fsp3) is 0.125. The molecule has 0 saturated heterocycles. The molecule has 1 atom stereocenters. The number of carbonyl (C=O) groups is 1. The summed E-state index contributed by atoms with van der Waals surface area (Å²) < 4.78 is 10.9. The lowest BCUT2D eigenvalue weighted by atomic mass is 10.0. The first-order valence-corrected chi connectivity index (χ1v) is 9.80. The van der Waals surface area contributed by atoms with Crippen molar-refractivity contribution in [2.75, 3.05) is 0 Å². The first-order valence-electron chi connectivity index (χ1n) is 9.80. The number of ether oxygens (including phenoxy) is 1. The summed E-state index contributed by atoms with van der Waals surface area (Å²) >= 11 is 0. The third kappa shape index (κ3) is 4.90. The minimum absolute atomic E-state index is 0.107. The average Bonchev–Trinajstić information content (AvgIpc) is 3.28. The number of carbonyl (C=O) groups excluding carboxylic acids is 1. The number of amides is 1. The molecule has 0 aliphatic rings. The smallest absolute Gasteiger partial charge is 0.251 e. The second kappa shape index (κ2) is 9.13. The minimum Gasteiger partial charge on any atom is -0.507 e. The Morgan fingerprint density at radius 3 is 2.52 bits per heavy atom. The third-order valence-corrected chi connectivity index (χ3v) is 4.66. The molecule has 0 radical (unpaired) electrons. The van der Waals surface area contributed by atoms with E-state index in [2.05, 4.69) is 15.5 Å². The Balaban J connectivity index is 1.41. The summed E-state index contributed by atoms with van der Waals surface area (Å²) in [6.45, 7) is 1.92. The highest BCUT2D eigenvalue weighted by Gasteiger charge is 2.19. The molecular weight excluding hydrogens is 394 g/mol. The van der Waals surface area contributed by atoms with Crippen molar-refractivity contribution in [2.24, 2.45) is 0 Å². The van der Waals surface area contributed by atoms with Crippen LogP contribution in [0.3, 0.4) is 0 Å². The van der Waals surface area contributed by atoms with Gasteiger partial charge in [0.15, 0.2) is 6.61 Å². The molecule has 1 aromatic heterocycles. The first kappa shape index (κ1) is 20.2. The highest BCUT2D eigenvalue weighted by Crippen LogP contribution is 2.30. The normalized spacial score (nSPS) is 11.6. The van der Waals surface area contributed by atoms with Crippen LogP contribution >= 0.6 is 0 Å². The molecule has 4 rings (SSSR count). The van der Waals surface area contributed by atoms with E-state index in [0.717, 1.165) is 5.56 Å². The van der Waals surface area contributed by atoms with Crippen LogP contribution in [0.25, 0.3) is 11.1 Å². The van der Waals surface area contributed by atoms with Crippen LogP contribution < -0.4 is 10.1 Å². The minimum atomic E-state index is -0.501. The Morgan fingerprint density at radius 2 is 1.77 bits per heavy atom. The van der Waals surface area contributed by atoms with Crippen LogP contribution in [0.1, 0.15) is 35.0 Å². The van der Waals surface area contributed by atoms with E-state index in [1.54, 1.807) is 19.1 Å². The number of hydrogen-bond acceptors (Lipinski definition) is 6. The van der Waals surface area contributed by atoms with Crippen LogP contribution in [0.2, 0.25) is 0 Å². The zero-order chi connectivity index (χ0) is 21.6. The fourth-order valence-electron chi connectivity index (χ4n) is 3.03. The van der Waals surface area contributed by atoms with Crippen LogP contribution in [-0.2, 0) is 6.61 Å². The number of aromatic hydroxyl groups is 1. The van der Waals surface area contributed by atoms with E-state index in [0.29, 0.717) is 22.7 Å². The van der Waals surface area contributed by atoms with Crippen molar-refractivity contribution < 1.29 is 19.2 Å². The van der Waals surface area contributed by atoms with E-state index < -0.39 is 6.04 Å². The van der Waals surface area contributed by atoms with Gasteiger partial charge in [-0.15, -0.1) is 0 Å². The second-order valence-corrected chi connectivity index (χ2v) is 6.94. The van der Waals surface area contributed by atoms with Gasteiger partial charge >= 0.3 is 0 Å². The summed E-state index contributed by atoms with van der Waals surface area (Å²) in [5.41, 5.74) is 1.82. The van der Waals surface area contributed by atoms with E-state index in [1.165, 1.54) is 6.07 Å². The third-order valence-electron chi connectivity index (χ3n) is 4.66. The van der Waals surface area contributed by atoms with Gasteiger partial charge in [0.2, 0.25) is 11.7 Å². The van der Waals surface area contributed by atoms with Crippen molar-refractivity contribution in [1.82, 2.24) is 15.5 Å². The molecule has 0 fully saturated rings. The molecule has 0 bridgehead atoms. The van der Waals surface area contributed by atoms with E-state index in [-0.39, 0.29) is 24.2 Å². The van der Waals surface area contributed by atoms with Crippen LogP contribution in [0.15, 0.2) is 83.4 Å². The van der Waals surface area contributed by atoms with E-state index >= 15 is 0 Å². The molecule has 0 aliphatic carbocycles. The van der Waals surface area contributed by atoms with E-state index in [4.69, 9.17) is 9.26 Å². The number of hydrogen-bond donors (Lipinski definition) is 2. The topological polar surface area (TPSA) is 97.5 Å². The van der Waals surface area contributed by atoms with Gasteiger partial charge in [0.05, 0.1) is 0 Å². The molecule has 1 unspecified atom stereocenters. The highest BCUT2D eigenvalue weighted by molar-refractivity contribution is 5.96. The van der Waals surface area contributed by atoms with E-state index in [9.17, 15) is 9.90 Å². The molecule has 1 amide bonds. The van der Waals surface area contributed by atoms with Gasteiger partial charge in [0.25, 0.3) is 5.91 Å². The van der Waals surface area contributed by atoms with E-state index in [1.807, 2.05) is 60.7 Å². The molecule has 7 heteroatoms. The Kier molecular flexibility index (Phi) is 5.93. The Hall–Kier alpha value is -4.13. The van der Waals surface area contributed by atoms with Gasteiger partial charge in [0.1, 0.15) is 17.5 Å². The summed E-state index contributed by atoms with van der Waals surface area (Å²) in [7, 11) is 0. The number of aromatic nitrogens is 2. The van der Waals surface area contributed by atoms with Crippen molar-refractivity contribution in [3.8, 4) is 22.6 Å². The van der Waals surface area contributed by atoms with Crippen LogP contribution in [0, 0.1) is 0 Å². The zero-order valence-corrected chi connectivity index (χ0v) is 16.9. The average molecular weight is 415 g/mol. The maximum absolute atomic E-state index is 12.7. The largest absolute Gasteiger partial charge is 0.507 e. The highest BCUT2D eigenvalue weighted by atomic mass is 16.5. The van der Waals surface area contributed by atoms with Crippen molar-refractivity contribution >= 4 is 5.91 Å². The first-order chi connectivity index (χ1) is 15.1. The zero-order valence-electron chi connectivity index (χ0n) is 16.9. The standard InChI is InChI=1S/C24H21N3O4/c1-16(24-26-22(27-31-24)15-30-19-10-6-3-7-11-19)25-23(29)18-12-13-21(28)20(14-18)17-8-4-2-5-9-17/h2-14,16,28H,15H2,1H3,(H,25,29). The molecule has 0 saturated carbocycles. The molecule has 31 heavy (non-hydrogen) atoms. The van der Waals surface area contributed by atoms with Crippen molar-refractivity contribution in [3.63, 3.8) is 0 Å². The number of rotatable bonds is 7. The number of nitrogens with one attached hydrogen (secondary N) is 1. The molecule has 7 nitrogen and oxygen atoms in total. The monoisotopic (exact) mass is 415 g/mol. The number of phenolic OH excluding ortho intramolecular Hbond substituents is 1. The Morgan fingerprint density at radius 1 is 1.06 bits per heavy atom. The molecule has 0 spiro atoms.